The highest BCUT2D eigenvalue weighted by atomic mass is 35.5. The summed E-state index contributed by atoms with van der Waals surface area (Å²) in [6.07, 6.45) is -0.552. The molecule has 0 aliphatic carbocycles. The van der Waals surface area contributed by atoms with Crippen LogP contribution in [0, 0.1) is 0 Å². The summed E-state index contributed by atoms with van der Waals surface area (Å²) in [5.41, 5.74) is 1.11. The number of rotatable bonds is 8. The summed E-state index contributed by atoms with van der Waals surface area (Å²) in [5, 5.41) is 5.82. The molecule has 1 unspecified atom stereocenters. The molecule has 1 atom stereocenters. The average molecular weight is 400 g/mol. The molecular weight excluding hydrogens is 378 g/mol. The van der Waals surface area contributed by atoms with Crippen molar-refractivity contribution in [3.63, 3.8) is 0 Å². The van der Waals surface area contributed by atoms with E-state index in [0.717, 1.165) is 38.6 Å². The van der Waals surface area contributed by atoms with Gasteiger partial charge in [-0.1, -0.05) is 66.2 Å². The molecular formula is C22H22ClNO2S. The molecule has 1 N–H and O–H groups in total. The molecule has 1 amide bonds. The van der Waals surface area contributed by atoms with Crippen LogP contribution < -0.4 is 10.1 Å². The second kappa shape index (κ2) is 9.67. The molecule has 5 heteroatoms. The van der Waals surface area contributed by atoms with Crippen molar-refractivity contribution in [2.75, 3.05) is 12.3 Å². The Balaban J connectivity index is 1.44. The van der Waals surface area contributed by atoms with Gasteiger partial charge in [0, 0.05) is 28.5 Å². The van der Waals surface area contributed by atoms with Crippen LogP contribution >= 0.6 is 23.4 Å². The van der Waals surface area contributed by atoms with Crippen molar-refractivity contribution in [1.29, 1.82) is 0 Å². The van der Waals surface area contributed by atoms with Gasteiger partial charge in [0.2, 0.25) is 0 Å². The third-order valence-corrected chi connectivity index (χ3v) is 5.56. The quantitative estimate of drug-likeness (QED) is 0.521. The van der Waals surface area contributed by atoms with Crippen molar-refractivity contribution in [2.24, 2.45) is 0 Å². The molecule has 0 heterocycles. The molecule has 3 aromatic carbocycles. The van der Waals surface area contributed by atoms with Crippen LogP contribution in [0.3, 0.4) is 0 Å². The Kier molecular flexibility index (Phi) is 7.02. The van der Waals surface area contributed by atoms with Gasteiger partial charge in [-0.2, -0.15) is 11.8 Å². The largest absolute Gasteiger partial charge is 0.480 e. The normalized spacial score (nSPS) is 11.9. The van der Waals surface area contributed by atoms with Crippen molar-refractivity contribution < 1.29 is 9.53 Å². The van der Waals surface area contributed by atoms with Crippen LogP contribution in [-0.2, 0) is 10.5 Å². The lowest BCUT2D eigenvalue weighted by Crippen LogP contribution is -2.37. The van der Waals surface area contributed by atoms with Crippen LogP contribution in [0.2, 0.25) is 5.02 Å². The zero-order valence-electron chi connectivity index (χ0n) is 15.2. The van der Waals surface area contributed by atoms with Crippen molar-refractivity contribution >= 4 is 40.0 Å². The lowest BCUT2D eigenvalue weighted by molar-refractivity contribution is -0.127. The highest BCUT2D eigenvalue weighted by Crippen LogP contribution is 2.26. The number of carbonyl (C=O) groups excluding carboxylic acids is 1. The average Bonchev–Trinajstić information content (AvgIpc) is 2.69. The van der Waals surface area contributed by atoms with Gasteiger partial charge < -0.3 is 10.1 Å². The van der Waals surface area contributed by atoms with Crippen LogP contribution in [0.5, 0.6) is 5.75 Å². The fourth-order valence-electron chi connectivity index (χ4n) is 2.73. The number of amides is 1. The first-order valence-electron chi connectivity index (χ1n) is 8.88. The number of thioether (sulfide) groups is 1. The second-order valence-corrected chi connectivity index (χ2v) is 7.68. The minimum Gasteiger partial charge on any atom is -0.480 e. The molecule has 3 aromatic rings. The Hall–Kier alpha value is -2.17. The van der Waals surface area contributed by atoms with E-state index in [4.69, 9.17) is 16.3 Å². The van der Waals surface area contributed by atoms with E-state index in [0.29, 0.717) is 6.54 Å². The van der Waals surface area contributed by atoms with Crippen LogP contribution in [0.15, 0.2) is 66.7 Å². The van der Waals surface area contributed by atoms with E-state index in [9.17, 15) is 4.79 Å². The van der Waals surface area contributed by atoms with Gasteiger partial charge >= 0.3 is 0 Å². The lowest BCUT2D eigenvalue weighted by Gasteiger charge is -2.16. The summed E-state index contributed by atoms with van der Waals surface area (Å²) in [5.74, 6) is 2.26. The molecule has 27 heavy (non-hydrogen) atoms. The molecule has 0 aromatic heterocycles. The van der Waals surface area contributed by atoms with Crippen molar-refractivity contribution in [3.8, 4) is 5.75 Å². The minimum atomic E-state index is -0.552. The number of hydrogen-bond donors (Lipinski definition) is 1. The summed E-state index contributed by atoms with van der Waals surface area (Å²) >= 11 is 7.89. The number of nitrogens with one attached hydrogen (secondary N) is 1. The fraction of sp³-hybridized carbons (Fsp3) is 0.227. The third-order valence-electron chi connectivity index (χ3n) is 4.18. The predicted molar refractivity (Wildman–Crippen MR) is 115 cm³/mol. The minimum absolute atomic E-state index is 0.110. The summed E-state index contributed by atoms with van der Waals surface area (Å²) in [7, 11) is 0. The molecule has 0 saturated carbocycles. The molecule has 140 valence electrons. The topological polar surface area (TPSA) is 38.3 Å². The van der Waals surface area contributed by atoms with Gasteiger partial charge in [-0.05, 0) is 30.0 Å². The van der Waals surface area contributed by atoms with Crippen LogP contribution in [0.25, 0.3) is 10.8 Å². The van der Waals surface area contributed by atoms with E-state index in [1.54, 1.807) is 18.7 Å². The second-order valence-electron chi connectivity index (χ2n) is 6.17. The number of ether oxygens (including phenoxy) is 1. The van der Waals surface area contributed by atoms with Gasteiger partial charge in [-0.3, -0.25) is 4.79 Å². The lowest BCUT2D eigenvalue weighted by atomic mass is 10.1. The maximum Gasteiger partial charge on any atom is 0.260 e. The molecule has 0 saturated heterocycles. The Morgan fingerprint density at radius 3 is 2.67 bits per heavy atom. The summed E-state index contributed by atoms with van der Waals surface area (Å²) < 4.78 is 5.90. The van der Waals surface area contributed by atoms with E-state index in [1.165, 1.54) is 0 Å². The Bertz CT molecular complexity index is 910. The maximum atomic E-state index is 12.3. The van der Waals surface area contributed by atoms with E-state index >= 15 is 0 Å². The Morgan fingerprint density at radius 1 is 1.07 bits per heavy atom. The number of fused-ring (bicyclic) bond motifs is 1. The van der Waals surface area contributed by atoms with Gasteiger partial charge in [-0.15, -0.1) is 0 Å². The Labute approximate surface area is 169 Å². The highest BCUT2D eigenvalue weighted by Gasteiger charge is 2.15. The first-order valence-corrected chi connectivity index (χ1v) is 10.4. The zero-order chi connectivity index (χ0) is 19.1. The van der Waals surface area contributed by atoms with E-state index in [2.05, 4.69) is 5.32 Å². The maximum absolute atomic E-state index is 12.3. The summed E-state index contributed by atoms with van der Waals surface area (Å²) in [6, 6.07) is 21.7. The predicted octanol–water partition coefficient (Wildman–Crippen LogP) is 5.31. The first-order chi connectivity index (χ1) is 13.1. The monoisotopic (exact) mass is 399 g/mol. The number of carbonyl (C=O) groups is 1. The molecule has 3 rings (SSSR count). The summed E-state index contributed by atoms with van der Waals surface area (Å²) in [6.45, 7) is 2.37. The number of benzene rings is 3. The van der Waals surface area contributed by atoms with Crippen molar-refractivity contribution in [2.45, 2.75) is 18.8 Å². The van der Waals surface area contributed by atoms with Gasteiger partial charge in [0.1, 0.15) is 5.75 Å². The molecule has 3 nitrogen and oxygen atoms in total. The molecule has 0 radical (unpaired) electrons. The molecule has 0 bridgehead atoms. The molecule has 0 aliphatic rings. The van der Waals surface area contributed by atoms with Gasteiger partial charge in [0.05, 0.1) is 0 Å². The Morgan fingerprint density at radius 2 is 1.81 bits per heavy atom. The van der Waals surface area contributed by atoms with E-state index in [1.807, 2.05) is 66.7 Å². The number of hydrogen-bond acceptors (Lipinski definition) is 3. The molecule has 0 fully saturated rings. The SMILES string of the molecule is CC(Oc1cccc2ccccc12)C(=O)NCCSCc1ccccc1Cl. The van der Waals surface area contributed by atoms with Gasteiger partial charge in [0.25, 0.3) is 5.91 Å². The molecule has 0 aliphatic heterocycles. The zero-order valence-corrected chi connectivity index (χ0v) is 16.7. The number of halogens is 1. The van der Waals surface area contributed by atoms with Gasteiger partial charge in [0.15, 0.2) is 6.10 Å². The summed E-state index contributed by atoms with van der Waals surface area (Å²) in [4.78, 5) is 12.3. The fourth-order valence-corrected chi connectivity index (χ4v) is 3.87. The smallest absolute Gasteiger partial charge is 0.260 e. The third kappa shape index (κ3) is 5.41. The first kappa shape index (κ1) is 19.6. The van der Waals surface area contributed by atoms with Gasteiger partial charge in [-0.25, -0.2) is 0 Å². The highest BCUT2D eigenvalue weighted by molar-refractivity contribution is 7.98. The van der Waals surface area contributed by atoms with Crippen molar-refractivity contribution in [1.82, 2.24) is 5.32 Å². The van der Waals surface area contributed by atoms with Crippen LogP contribution in [0.1, 0.15) is 12.5 Å². The van der Waals surface area contributed by atoms with E-state index in [-0.39, 0.29) is 5.91 Å². The van der Waals surface area contributed by atoms with Crippen LogP contribution in [-0.4, -0.2) is 24.3 Å². The standard InChI is InChI=1S/C22H22ClNO2S/c1-16(26-21-12-6-9-17-7-2-4-10-19(17)21)22(25)24-13-14-27-15-18-8-3-5-11-20(18)23/h2-12,16H,13-15H2,1H3,(H,24,25). The van der Waals surface area contributed by atoms with Crippen LogP contribution in [0.4, 0.5) is 0 Å². The van der Waals surface area contributed by atoms with Crippen molar-refractivity contribution in [3.05, 3.63) is 77.3 Å². The molecule has 0 spiro atoms. The van der Waals surface area contributed by atoms with E-state index < -0.39 is 6.10 Å².